The molecule has 2 aromatic rings. The molecule has 21 heavy (non-hydrogen) atoms. The minimum atomic E-state index is -3.90. The van der Waals surface area contributed by atoms with E-state index in [1.165, 1.54) is 25.3 Å². The van der Waals surface area contributed by atoms with Crippen molar-refractivity contribution >= 4 is 32.3 Å². The molecule has 1 aromatic heterocycles. The van der Waals surface area contributed by atoms with Crippen LogP contribution in [0.4, 0.5) is 9.39 Å². The van der Waals surface area contributed by atoms with E-state index in [0.29, 0.717) is 10.4 Å². The number of nitrogens with one attached hydrogen (secondary N) is 1. The largest absolute Gasteiger partial charge is 0.465 e. The van der Waals surface area contributed by atoms with E-state index >= 15 is 0 Å². The Bertz CT molecular complexity index is 783. The summed E-state index contributed by atoms with van der Waals surface area (Å²) >= 11 is 0.959. The molecule has 0 bridgehead atoms. The number of halogens is 1. The lowest BCUT2D eigenvalue weighted by Crippen LogP contribution is -2.12. The van der Waals surface area contributed by atoms with Crippen molar-refractivity contribution in [2.75, 3.05) is 11.8 Å². The number of benzene rings is 1. The number of sulfonamides is 1. The lowest BCUT2D eigenvalue weighted by molar-refractivity contribution is 0.0605. The van der Waals surface area contributed by atoms with E-state index in [4.69, 9.17) is 0 Å². The number of thiophene rings is 1. The van der Waals surface area contributed by atoms with Crippen molar-refractivity contribution in [3.8, 4) is 0 Å². The number of methoxy groups -OCH3 is 1. The highest BCUT2D eigenvalue weighted by Crippen LogP contribution is 2.29. The third kappa shape index (κ3) is 3.40. The van der Waals surface area contributed by atoms with Gasteiger partial charge in [-0.25, -0.2) is 17.6 Å². The average molecular weight is 329 g/mol. The lowest BCUT2D eigenvalue weighted by Gasteiger charge is -2.05. The van der Waals surface area contributed by atoms with Crippen LogP contribution in [0.5, 0.6) is 0 Å². The molecule has 1 aromatic carbocycles. The van der Waals surface area contributed by atoms with Crippen molar-refractivity contribution in [3.05, 3.63) is 46.6 Å². The fourth-order valence-electron chi connectivity index (χ4n) is 1.65. The molecule has 0 aliphatic heterocycles. The maximum atomic E-state index is 13.1. The number of esters is 1. The second-order valence-corrected chi connectivity index (χ2v) is 6.91. The van der Waals surface area contributed by atoms with Gasteiger partial charge in [-0.2, -0.15) is 0 Å². The van der Waals surface area contributed by atoms with Crippen LogP contribution in [-0.4, -0.2) is 21.5 Å². The van der Waals surface area contributed by atoms with Gasteiger partial charge in [0.1, 0.15) is 15.7 Å². The van der Waals surface area contributed by atoms with E-state index < -0.39 is 21.8 Å². The topological polar surface area (TPSA) is 72.5 Å². The third-order valence-corrected chi connectivity index (χ3v) is 5.25. The minimum Gasteiger partial charge on any atom is -0.465 e. The van der Waals surface area contributed by atoms with E-state index in [-0.39, 0.29) is 9.90 Å². The normalized spacial score (nSPS) is 11.2. The van der Waals surface area contributed by atoms with Gasteiger partial charge < -0.3 is 4.74 Å². The first-order valence-electron chi connectivity index (χ1n) is 5.80. The zero-order chi connectivity index (χ0) is 15.6. The molecule has 0 saturated heterocycles. The summed E-state index contributed by atoms with van der Waals surface area (Å²) < 4.78 is 44.3. The summed E-state index contributed by atoms with van der Waals surface area (Å²) in [4.78, 5) is 11.6. The number of aryl methyl sites for hydroxylation is 1. The first-order valence-corrected chi connectivity index (χ1v) is 8.10. The van der Waals surface area contributed by atoms with Gasteiger partial charge in [-0.1, -0.05) is 6.07 Å². The highest BCUT2D eigenvalue weighted by molar-refractivity contribution is 7.93. The molecule has 0 aliphatic carbocycles. The second-order valence-electron chi connectivity index (χ2n) is 4.18. The van der Waals surface area contributed by atoms with Crippen molar-refractivity contribution in [1.29, 1.82) is 0 Å². The van der Waals surface area contributed by atoms with Crippen LogP contribution in [-0.2, 0) is 14.8 Å². The van der Waals surface area contributed by atoms with Crippen molar-refractivity contribution in [3.63, 3.8) is 0 Å². The van der Waals surface area contributed by atoms with E-state index in [1.807, 2.05) is 0 Å². The SMILES string of the molecule is COC(=O)c1sc(NS(=O)(=O)c2cccc(F)c2)cc1C. The van der Waals surface area contributed by atoms with Gasteiger partial charge in [0.05, 0.1) is 12.0 Å². The van der Waals surface area contributed by atoms with Gasteiger partial charge in [0.25, 0.3) is 10.0 Å². The molecule has 1 heterocycles. The number of ether oxygens (including phenoxy) is 1. The number of hydrogen-bond acceptors (Lipinski definition) is 5. The molecular formula is C13H12FNO4S2. The summed E-state index contributed by atoms with van der Waals surface area (Å²) in [7, 11) is -2.66. The Morgan fingerprint density at radius 1 is 1.33 bits per heavy atom. The number of carbonyl (C=O) groups is 1. The van der Waals surface area contributed by atoms with Crippen LogP contribution in [0.3, 0.4) is 0 Å². The summed E-state index contributed by atoms with van der Waals surface area (Å²) in [6.07, 6.45) is 0. The molecule has 0 amide bonds. The molecule has 0 fully saturated rings. The summed E-state index contributed by atoms with van der Waals surface area (Å²) in [5.74, 6) is -1.18. The van der Waals surface area contributed by atoms with Gasteiger partial charge in [0.2, 0.25) is 0 Å². The molecule has 112 valence electrons. The zero-order valence-electron chi connectivity index (χ0n) is 11.2. The van der Waals surface area contributed by atoms with Gasteiger partial charge >= 0.3 is 5.97 Å². The number of hydrogen-bond donors (Lipinski definition) is 1. The van der Waals surface area contributed by atoms with Gasteiger partial charge in [-0.3, -0.25) is 4.72 Å². The highest BCUT2D eigenvalue weighted by Gasteiger charge is 2.19. The summed E-state index contributed by atoms with van der Waals surface area (Å²) in [6, 6.07) is 6.19. The van der Waals surface area contributed by atoms with Crippen LogP contribution in [0.2, 0.25) is 0 Å². The van der Waals surface area contributed by atoms with Crippen LogP contribution in [0.25, 0.3) is 0 Å². The van der Waals surface area contributed by atoms with E-state index in [1.54, 1.807) is 6.92 Å². The van der Waals surface area contributed by atoms with E-state index in [2.05, 4.69) is 9.46 Å². The predicted molar refractivity (Wildman–Crippen MR) is 77.6 cm³/mol. The van der Waals surface area contributed by atoms with Crippen molar-refractivity contribution in [1.82, 2.24) is 0 Å². The van der Waals surface area contributed by atoms with Crippen LogP contribution in [0.1, 0.15) is 15.2 Å². The van der Waals surface area contributed by atoms with Crippen molar-refractivity contribution < 1.29 is 22.3 Å². The lowest BCUT2D eigenvalue weighted by atomic mass is 10.3. The van der Waals surface area contributed by atoms with Gasteiger partial charge in [-0.05, 0) is 36.8 Å². The molecule has 0 aliphatic rings. The van der Waals surface area contributed by atoms with Crippen LogP contribution < -0.4 is 4.72 Å². The van der Waals surface area contributed by atoms with Crippen LogP contribution in [0, 0.1) is 12.7 Å². The van der Waals surface area contributed by atoms with E-state index in [0.717, 1.165) is 23.5 Å². The monoisotopic (exact) mass is 329 g/mol. The molecule has 0 atom stereocenters. The number of carbonyl (C=O) groups excluding carboxylic acids is 1. The third-order valence-electron chi connectivity index (χ3n) is 2.63. The number of anilines is 1. The first-order chi connectivity index (χ1) is 9.83. The standard InChI is InChI=1S/C13H12FNO4S2/c1-8-6-11(20-12(8)13(16)19-2)15-21(17,18)10-5-3-4-9(14)7-10/h3-7,15H,1-2H3. The average Bonchev–Trinajstić information content (AvgIpc) is 2.78. The summed E-state index contributed by atoms with van der Waals surface area (Å²) in [6.45, 7) is 1.67. The van der Waals surface area contributed by atoms with Crippen molar-refractivity contribution in [2.24, 2.45) is 0 Å². The van der Waals surface area contributed by atoms with Crippen molar-refractivity contribution in [2.45, 2.75) is 11.8 Å². The molecule has 0 radical (unpaired) electrons. The fourth-order valence-corrected chi connectivity index (χ4v) is 3.96. The summed E-state index contributed by atoms with van der Waals surface area (Å²) in [5, 5.41) is 0.261. The molecule has 0 unspecified atom stereocenters. The Balaban J connectivity index is 2.31. The molecule has 2 rings (SSSR count). The van der Waals surface area contributed by atoms with Gasteiger partial charge in [0, 0.05) is 0 Å². The molecule has 0 saturated carbocycles. The maximum Gasteiger partial charge on any atom is 0.348 e. The molecule has 5 nitrogen and oxygen atoms in total. The minimum absolute atomic E-state index is 0.187. The predicted octanol–water partition coefficient (Wildman–Crippen LogP) is 2.78. The second kappa shape index (κ2) is 5.82. The first kappa shape index (κ1) is 15.5. The highest BCUT2D eigenvalue weighted by atomic mass is 32.2. The van der Waals surface area contributed by atoms with Crippen LogP contribution >= 0.6 is 11.3 Å². The van der Waals surface area contributed by atoms with Gasteiger partial charge in [-0.15, -0.1) is 11.3 Å². The number of rotatable bonds is 4. The fraction of sp³-hybridized carbons (Fsp3) is 0.154. The van der Waals surface area contributed by atoms with Crippen LogP contribution in [0.15, 0.2) is 35.2 Å². The maximum absolute atomic E-state index is 13.1. The Labute approximate surface area is 125 Å². The van der Waals surface area contributed by atoms with E-state index in [9.17, 15) is 17.6 Å². The smallest absolute Gasteiger partial charge is 0.348 e. The molecule has 0 spiro atoms. The molecule has 1 N–H and O–H groups in total. The Morgan fingerprint density at radius 3 is 2.67 bits per heavy atom. The van der Waals surface area contributed by atoms with Gasteiger partial charge in [0.15, 0.2) is 0 Å². The Kier molecular flexibility index (Phi) is 4.29. The molecular weight excluding hydrogens is 317 g/mol. The molecule has 8 heteroatoms. The Morgan fingerprint density at radius 2 is 2.05 bits per heavy atom. The zero-order valence-corrected chi connectivity index (χ0v) is 12.8. The summed E-state index contributed by atoms with van der Waals surface area (Å²) in [5.41, 5.74) is 0.601. The Hall–Kier alpha value is -1.93. The quantitative estimate of drug-likeness (QED) is 0.876.